The first kappa shape index (κ1) is 42.4. The van der Waals surface area contributed by atoms with Crippen molar-refractivity contribution in [1.82, 2.24) is 24.9 Å². The third-order valence-electron chi connectivity index (χ3n) is 11.2. The van der Waals surface area contributed by atoms with Gasteiger partial charge in [0, 0.05) is 69.2 Å². The van der Waals surface area contributed by atoms with Crippen molar-refractivity contribution in [3.63, 3.8) is 0 Å². The highest BCUT2D eigenvalue weighted by molar-refractivity contribution is 7.83. The summed E-state index contributed by atoms with van der Waals surface area (Å²) in [4.78, 5) is 37.3. The van der Waals surface area contributed by atoms with Gasteiger partial charge in [0.2, 0.25) is 17.8 Å². The van der Waals surface area contributed by atoms with Crippen LogP contribution in [0, 0.1) is 23.5 Å². The largest absolute Gasteiger partial charge is 0.421 e. The summed E-state index contributed by atoms with van der Waals surface area (Å²) < 4.78 is 85.8. The smallest absolute Gasteiger partial charge is 0.369 e. The number of hydrogen-bond donors (Lipinski definition) is 3. The van der Waals surface area contributed by atoms with Gasteiger partial charge in [-0.3, -0.25) is 14.9 Å². The minimum Gasteiger partial charge on any atom is -0.369 e. The Balaban J connectivity index is 0.000000214. The second-order valence-electron chi connectivity index (χ2n) is 15.7. The molecule has 3 saturated heterocycles. The van der Waals surface area contributed by atoms with Crippen LogP contribution >= 0.6 is 0 Å². The van der Waals surface area contributed by atoms with Crippen LogP contribution < -0.4 is 25.2 Å². The molecule has 3 aliphatic heterocycles. The molecule has 4 aliphatic rings. The number of aromatic nitrogens is 2. The number of carbonyl (C=O) groups excluding carboxylic acids is 2. The molecule has 1 aromatic heterocycles. The number of piperidine rings is 2. The Morgan fingerprint density at radius 1 is 0.860 bits per heavy atom. The molecule has 3 atom stereocenters. The second kappa shape index (κ2) is 18.6. The van der Waals surface area contributed by atoms with Crippen LogP contribution in [0.5, 0.6) is 0 Å². The lowest BCUT2D eigenvalue weighted by atomic mass is 9.88. The molecule has 310 valence electrons. The van der Waals surface area contributed by atoms with E-state index in [2.05, 4.69) is 49.1 Å². The summed E-state index contributed by atoms with van der Waals surface area (Å²) in [6, 6.07) is 9.27. The van der Waals surface area contributed by atoms with Gasteiger partial charge >= 0.3 is 6.18 Å². The molecule has 0 radical (unpaired) electrons. The summed E-state index contributed by atoms with van der Waals surface area (Å²) in [7, 11) is 0.512. The lowest BCUT2D eigenvalue weighted by Crippen LogP contribution is -2.44. The van der Waals surface area contributed by atoms with E-state index in [0.29, 0.717) is 35.9 Å². The zero-order chi connectivity index (χ0) is 40.9. The molecule has 17 heteroatoms. The SMILES string of the molecule is CC1CCC(NS(=O)c2ccc(Nc3ncc(C(F)(F)F)c(N4CCCC(C)C4)n3)c(F)c2)CC1.CN1CCN(c2ccc(C3CCC(=O)NC3=O)c(F)c2)CC1. The lowest BCUT2D eigenvalue weighted by Gasteiger charge is -2.34. The van der Waals surface area contributed by atoms with Gasteiger partial charge < -0.3 is 20.0 Å². The number of nitrogens with one attached hydrogen (secondary N) is 3. The first-order valence-corrected chi connectivity index (χ1v) is 20.8. The van der Waals surface area contributed by atoms with Gasteiger partial charge in [0.15, 0.2) is 0 Å². The fourth-order valence-electron chi connectivity index (χ4n) is 7.74. The van der Waals surface area contributed by atoms with Gasteiger partial charge in [-0.25, -0.2) is 22.7 Å². The van der Waals surface area contributed by atoms with Gasteiger partial charge in [0.25, 0.3) is 0 Å². The minimum absolute atomic E-state index is 0.00466. The number of benzene rings is 2. The molecule has 0 spiro atoms. The molecule has 3 unspecified atom stereocenters. The highest BCUT2D eigenvalue weighted by Crippen LogP contribution is 2.37. The van der Waals surface area contributed by atoms with Crippen molar-refractivity contribution < 1.29 is 35.8 Å². The molecular formula is C40H51F5N8O3S. The fraction of sp³-hybridized carbons (Fsp3) is 0.550. The van der Waals surface area contributed by atoms with Crippen molar-refractivity contribution in [2.45, 2.75) is 88.2 Å². The number of amides is 2. The van der Waals surface area contributed by atoms with E-state index in [1.54, 1.807) is 11.0 Å². The Bertz CT molecular complexity index is 1920. The highest BCUT2D eigenvalue weighted by Gasteiger charge is 2.38. The summed E-state index contributed by atoms with van der Waals surface area (Å²) >= 11 is 0. The molecule has 4 fully saturated rings. The number of rotatable bonds is 8. The van der Waals surface area contributed by atoms with E-state index in [1.165, 1.54) is 18.2 Å². The number of alkyl halides is 3. The van der Waals surface area contributed by atoms with Gasteiger partial charge in [-0.2, -0.15) is 18.2 Å². The van der Waals surface area contributed by atoms with Gasteiger partial charge in [-0.1, -0.05) is 19.9 Å². The van der Waals surface area contributed by atoms with Crippen LogP contribution in [0.4, 0.5) is 45.1 Å². The van der Waals surface area contributed by atoms with Crippen LogP contribution in [0.15, 0.2) is 47.5 Å². The van der Waals surface area contributed by atoms with Crippen molar-refractivity contribution in [2.75, 3.05) is 61.4 Å². The maximum absolute atomic E-state index is 14.8. The maximum Gasteiger partial charge on any atom is 0.421 e. The predicted molar refractivity (Wildman–Crippen MR) is 210 cm³/mol. The summed E-state index contributed by atoms with van der Waals surface area (Å²) in [5.41, 5.74) is 0.311. The van der Waals surface area contributed by atoms with E-state index in [4.69, 9.17) is 0 Å². The number of halogens is 5. The molecule has 57 heavy (non-hydrogen) atoms. The average Bonchev–Trinajstić information content (AvgIpc) is 3.17. The Labute approximate surface area is 332 Å². The molecule has 7 rings (SSSR count). The minimum atomic E-state index is -4.60. The zero-order valence-electron chi connectivity index (χ0n) is 32.5. The summed E-state index contributed by atoms with van der Waals surface area (Å²) in [6.45, 7) is 8.76. The Hall–Kier alpha value is -4.22. The van der Waals surface area contributed by atoms with Crippen LogP contribution in [-0.2, 0) is 26.8 Å². The van der Waals surface area contributed by atoms with Gasteiger partial charge in [-0.05, 0) is 94.2 Å². The van der Waals surface area contributed by atoms with Crippen LogP contribution in [-0.4, -0.2) is 83.2 Å². The number of nitrogens with zero attached hydrogens (tertiary/aromatic N) is 5. The molecule has 2 amide bonds. The van der Waals surface area contributed by atoms with E-state index < -0.39 is 40.4 Å². The molecule has 3 N–H and O–H groups in total. The first-order valence-electron chi connectivity index (χ1n) is 19.6. The van der Waals surface area contributed by atoms with Gasteiger partial charge in [-0.15, -0.1) is 0 Å². The van der Waals surface area contributed by atoms with Crippen molar-refractivity contribution in [1.29, 1.82) is 0 Å². The van der Waals surface area contributed by atoms with Gasteiger partial charge in [0.05, 0.1) is 16.5 Å². The fourth-order valence-corrected chi connectivity index (χ4v) is 8.81. The van der Waals surface area contributed by atoms with E-state index in [1.807, 2.05) is 13.0 Å². The first-order chi connectivity index (χ1) is 27.1. The molecule has 1 aliphatic carbocycles. The molecule has 3 aromatic rings. The monoisotopic (exact) mass is 818 g/mol. The third kappa shape index (κ3) is 11.0. The number of carbonyl (C=O) groups is 2. The number of imide groups is 1. The summed E-state index contributed by atoms with van der Waals surface area (Å²) in [5, 5.41) is 4.96. The van der Waals surface area contributed by atoms with Crippen LogP contribution in [0.1, 0.15) is 82.3 Å². The normalized spacial score (nSPS) is 24.0. The maximum atomic E-state index is 14.8. The van der Waals surface area contributed by atoms with E-state index >= 15 is 0 Å². The lowest BCUT2D eigenvalue weighted by molar-refractivity contribution is -0.138. The Morgan fingerprint density at radius 3 is 2.25 bits per heavy atom. The van der Waals surface area contributed by atoms with Crippen LogP contribution in [0.25, 0.3) is 0 Å². The van der Waals surface area contributed by atoms with Gasteiger partial charge in [0.1, 0.15) is 34.0 Å². The molecular weight excluding hydrogens is 768 g/mol. The standard InChI is InChI=1S/C24H31F4N5OS.C16H20FN3O2/c1-15-5-7-17(8-6-15)32-35(34)18-9-10-21(20(25)12-18)30-23-29-13-19(24(26,27)28)22(31-23)33-11-3-4-16(2)14-33;1-19-6-8-20(9-7-19)11-2-3-12(14(17)10-11)13-4-5-15(21)18-16(13)22/h9-10,12-13,15-17,32H,3-8,11,14H2,1-2H3,(H,29,30,31);2-3,10,13H,4-9H2,1H3,(H,18,21,22). The molecule has 11 nitrogen and oxygen atoms in total. The van der Waals surface area contributed by atoms with Crippen molar-refractivity contribution in [3.8, 4) is 0 Å². The summed E-state index contributed by atoms with van der Waals surface area (Å²) in [6.07, 6.45) is 2.47. The van der Waals surface area contributed by atoms with E-state index in [9.17, 15) is 35.8 Å². The average molecular weight is 819 g/mol. The van der Waals surface area contributed by atoms with Crippen LogP contribution in [0.2, 0.25) is 0 Å². The van der Waals surface area contributed by atoms with Crippen LogP contribution in [0.3, 0.4) is 0 Å². The Morgan fingerprint density at radius 2 is 1.60 bits per heavy atom. The van der Waals surface area contributed by atoms with E-state index in [-0.39, 0.29) is 47.6 Å². The second-order valence-corrected chi connectivity index (χ2v) is 17.0. The number of piperazine rings is 1. The number of likely N-dealkylation sites (N-methyl/N-ethyl adjacent to an activating group) is 1. The zero-order valence-corrected chi connectivity index (χ0v) is 33.3. The summed E-state index contributed by atoms with van der Waals surface area (Å²) in [5.74, 6) is -1.74. The van der Waals surface area contributed by atoms with Crippen molar-refractivity contribution >= 4 is 45.9 Å². The number of anilines is 4. The Kier molecular flexibility index (Phi) is 13.8. The van der Waals surface area contributed by atoms with Crippen molar-refractivity contribution in [3.05, 3.63) is 65.4 Å². The molecule has 0 bridgehead atoms. The van der Waals surface area contributed by atoms with E-state index in [0.717, 1.165) is 82.7 Å². The molecule has 4 heterocycles. The van der Waals surface area contributed by atoms with Crippen molar-refractivity contribution in [2.24, 2.45) is 11.8 Å². The third-order valence-corrected chi connectivity index (χ3v) is 12.4. The molecule has 2 aromatic carbocycles. The predicted octanol–water partition coefficient (Wildman–Crippen LogP) is 6.90. The quantitative estimate of drug-likeness (QED) is 0.165. The number of hydrogen-bond acceptors (Lipinski definition) is 9. The highest BCUT2D eigenvalue weighted by atomic mass is 32.2. The molecule has 1 saturated carbocycles. The topological polar surface area (TPSA) is 123 Å².